The van der Waals surface area contributed by atoms with Crippen LogP contribution in [0.1, 0.15) is 0 Å². The number of carbonyl (C=O) groups excluding carboxylic acids is 1. The van der Waals surface area contributed by atoms with Crippen molar-refractivity contribution in [2.24, 2.45) is 0 Å². The summed E-state index contributed by atoms with van der Waals surface area (Å²) >= 11 is 0. The highest BCUT2D eigenvalue weighted by atomic mass is 16.1. The summed E-state index contributed by atoms with van der Waals surface area (Å²) in [6.45, 7) is 7.05. The second-order valence-electron chi connectivity index (χ2n) is 0.995. The topological polar surface area (TPSA) is 29.1 Å². The van der Waals surface area contributed by atoms with E-state index in [9.17, 15) is 4.79 Å². The van der Waals surface area contributed by atoms with Gasteiger partial charge in [-0.05, 0) is 13.0 Å². The lowest BCUT2D eigenvalue weighted by molar-refractivity contribution is -0.116. The van der Waals surface area contributed by atoms with Crippen LogP contribution in [0.25, 0.3) is 0 Å². The molecule has 1 radical (unpaired) electrons. The zero-order valence-corrected chi connectivity index (χ0v) is 4.11. The standard InChI is InChI=1S/C5H8NO/c1-3-5(7)6-4-2/h3H,1-2,4H2,(H,6,7). The van der Waals surface area contributed by atoms with E-state index in [4.69, 9.17) is 0 Å². The Morgan fingerprint density at radius 3 is 2.57 bits per heavy atom. The zero-order chi connectivity index (χ0) is 5.70. The summed E-state index contributed by atoms with van der Waals surface area (Å²) in [6, 6.07) is 0. The minimum Gasteiger partial charge on any atom is -0.353 e. The molecule has 0 aromatic carbocycles. The van der Waals surface area contributed by atoms with E-state index in [2.05, 4.69) is 18.8 Å². The second kappa shape index (κ2) is 3.40. The van der Waals surface area contributed by atoms with Crippen molar-refractivity contribution >= 4 is 5.91 Å². The Kier molecular flexibility index (Phi) is 3.02. The van der Waals surface area contributed by atoms with Crippen molar-refractivity contribution in [3.63, 3.8) is 0 Å². The molecule has 0 aliphatic heterocycles. The minimum absolute atomic E-state index is 0.171. The maximum absolute atomic E-state index is 10.1. The molecule has 0 fully saturated rings. The second-order valence-corrected chi connectivity index (χ2v) is 0.995. The Labute approximate surface area is 43.2 Å². The molecule has 2 heteroatoms. The third kappa shape index (κ3) is 3.03. The summed E-state index contributed by atoms with van der Waals surface area (Å²) in [5.74, 6) is -0.171. The fraction of sp³-hybridized carbons (Fsp3) is 0.200. The highest BCUT2D eigenvalue weighted by Gasteiger charge is 1.83. The molecule has 0 aliphatic rings. The van der Waals surface area contributed by atoms with E-state index in [1.54, 1.807) is 0 Å². The molecule has 0 bridgehead atoms. The quantitative estimate of drug-likeness (QED) is 0.488. The molecule has 7 heavy (non-hydrogen) atoms. The molecule has 0 saturated heterocycles. The summed E-state index contributed by atoms with van der Waals surface area (Å²) in [6.07, 6.45) is 1.21. The molecule has 0 unspecified atom stereocenters. The maximum atomic E-state index is 10.1. The van der Waals surface area contributed by atoms with Crippen LogP contribution < -0.4 is 5.32 Å². The van der Waals surface area contributed by atoms with Gasteiger partial charge in [-0.25, -0.2) is 0 Å². The van der Waals surface area contributed by atoms with Crippen LogP contribution in [-0.2, 0) is 4.79 Å². The molecule has 2 nitrogen and oxygen atoms in total. The molecule has 0 atom stereocenters. The van der Waals surface area contributed by atoms with Crippen LogP contribution in [0.2, 0.25) is 0 Å². The Morgan fingerprint density at radius 2 is 2.43 bits per heavy atom. The first-order chi connectivity index (χ1) is 3.31. The zero-order valence-electron chi connectivity index (χ0n) is 4.11. The molecular weight excluding hydrogens is 90.1 g/mol. The van der Waals surface area contributed by atoms with Crippen LogP contribution in [0.4, 0.5) is 0 Å². The number of rotatable bonds is 2. The van der Waals surface area contributed by atoms with Crippen molar-refractivity contribution in [3.05, 3.63) is 19.6 Å². The highest BCUT2D eigenvalue weighted by molar-refractivity contribution is 5.86. The maximum Gasteiger partial charge on any atom is 0.243 e. The molecule has 0 aromatic rings. The predicted molar refractivity (Wildman–Crippen MR) is 28.6 cm³/mol. The summed E-state index contributed by atoms with van der Waals surface area (Å²) in [4.78, 5) is 10.1. The van der Waals surface area contributed by atoms with Crippen LogP contribution in [0.3, 0.4) is 0 Å². The molecule has 39 valence electrons. The van der Waals surface area contributed by atoms with Crippen LogP contribution in [-0.4, -0.2) is 12.5 Å². The van der Waals surface area contributed by atoms with Gasteiger partial charge in [0.05, 0.1) is 0 Å². The van der Waals surface area contributed by atoms with Crippen LogP contribution in [0.5, 0.6) is 0 Å². The molecule has 1 amide bonds. The van der Waals surface area contributed by atoms with Crippen molar-refractivity contribution in [2.75, 3.05) is 6.54 Å². The van der Waals surface area contributed by atoms with Crippen molar-refractivity contribution in [1.82, 2.24) is 5.32 Å². The Morgan fingerprint density at radius 1 is 1.86 bits per heavy atom. The van der Waals surface area contributed by atoms with Gasteiger partial charge in [-0.3, -0.25) is 4.79 Å². The predicted octanol–water partition coefficient (Wildman–Crippen LogP) is 0.123. The van der Waals surface area contributed by atoms with Crippen molar-refractivity contribution in [3.8, 4) is 0 Å². The van der Waals surface area contributed by atoms with E-state index < -0.39 is 0 Å². The van der Waals surface area contributed by atoms with Gasteiger partial charge in [0.1, 0.15) is 0 Å². The third-order valence-corrected chi connectivity index (χ3v) is 0.485. The van der Waals surface area contributed by atoms with Crippen LogP contribution >= 0.6 is 0 Å². The lowest BCUT2D eigenvalue weighted by atomic mass is 10.6. The van der Waals surface area contributed by atoms with E-state index in [1.165, 1.54) is 6.08 Å². The molecule has 0 aliphatic carbocycles. The van der Waals surface area contributed by atoms with Gasteiger partial charge in [0.15, 0.2) is 0 Å². The lowest BCUT2D eigenvalue weighted by Crippen LogP contribution is -2.19. The van der Waals surface area contributed by atoms with Gasteiger partial charge in [-0.15, -0.1) is 0 Å². The summed E-state index contributed by atoms with van der Waals surface area (Å²) in [5, 5.41) is 2.43. The van der Waals surface area contributed by atoms with E-state index in [-0.39, 0.29) is 5.91 Å². The molecule has 0 heterocycles. The van der Waals surface area contributed by atoms with Crippen molar-refractivity contribution < 1.29 is 4.79 Å². The first kappa shape index (κ1) is 6.21. The smallest absolute Gasteiger partial charge is 0.243 e. The molecule has 0 rings (SSSR count). The SMILES string of the molecule is [CH2]CNC(=O)C=C. The fourth-order valence-electron chi connectivity index (χ4n) is 0.195. The summed E-state index contributed by atoms with van der Waals surface area (Å²) in [7, 11) is 0. The number of hydrogen-bond donors (Lipinski definition) is 1. The molecule has 0 aromatic heterocycles. The first-order valence-electron chi connectivity index (χ1n) is 2.00. The average molecular weight is 98.1 g/mol. The van der Waals surface area contributed by atoms with E-state index in [0.717, 1.165) is 0 Å². The Bertz CT molecular complexity index is 78.1. The molecule has 0 saturated carbocycles. The van der Waals surface area contributed by atoms with Gasteiger partial charge in [0, 0.05) is 6.54 Å². The largest absolute Gasteiger partial charge is 0.353 e. The lowest BCUT2D eigenvalue weighted by Gasteiger charge is -1.90. The highest BCUT2D eigenvalue weighted by Crippen LogP contribution is 1.61. The first-order valence-corrected chi connectivity index (χ1v) is 2.00. The van der Waals surface area contributed by atoms with Gasteiger partial charge in [-0.2, -0.15) is 0 Å². The molecule has 1 N–H and O–H groups in total. The average Bonchev–Trinajstić information content (AvgIpc) is 1.68. The van der Waals surface area contributed by atoms with Gasteiger partial charge in [0.25, 0.3) is 0 Å². The number of nitrogens with one attached hydrogen (secondary N) is 1. The van der Waals surface area contributed by atoms with Crippen molar-refractivity contribution in [1.29, 1.82) is 0 Å². The van der Waals surface area contributed by atoms with Crippen molar-refractivity contribution in [2.45, 2.75) is 0 Å². The van der Waals surface area contributed by atoms with E-state index in [1.807, 2.05) is 0 Å². The molecular formula is C5H8NO. The monoisotopic (exact) mass is 98.1 g/mol. The molecule has 0 spiro atoms. The Hall–Kier alpha value is -0.790. The van der Waals surface area contributed by atoms with E-state index in [0.29, 0.717) is 6.54 Å². The van der Waals surface area contributed by atoms with Gasteiger partial charge in [-0.1, -0.05) is 6.58 Å². The van der Waals surface area contributed by atoms with E-state index >= 15 is 0 Å². The Balaban J connectivity index is 3.17. The normalized spacial score (nSPS) is 7.57. The number of carbonyl (C=O) groups is 1. The number of hydrogen-bond acceptors (Lipinski definition) is 1. The van der Waals surface area contributed by atoms with Gasteiger partial charge < -0.3 is 5.32 Å². The summed E-state index contributed by atoms with van der Waals surface area (Å²) < 4.78 is 0. The van der Waals surface area contributed by atoms with Crippen LogP contribution in [0.15, 0.2) is 12.7 Å². The summed E-state index contributed by atoms with van der Waals surface area (Å²) in [5.41, 5.74) is 0. The minimum atomic E-state index is -0.171. The third-order valence-electron chi connectivity index (χ3n) is 0.485. The van der Waals surface area contributed by atoms with Crippen LogP contribution in [0, 0.1) is 6.92 Å². The van der Waals surface area contributed by atoms with Gasteiger partial charge in [0.2, 0.25) is 5.91 Å². The number of amides is 1. The van der Waals surface area contributed by atoms with Gasteiger partial charge >= 0.3 is 0 Å². The fourth-order valence-corrected chi connectivity index (χ4v) is 0.195.